The van der Waals surface area contributed by atoms with Crippen molar-refractivity contribution in [3.8, 4) is 0 Å². The summed E-state index contributed by atoms with van der Waals surface area (Å²) in [5.74, 6) is -0.389. The van der Waals surface area contributed by atoms with E-state index < -0.39 is 5.97 Å². The zero-order chi connectivity index (χ0) is 15.2. The van der Waals surface area contributed by atoms with E-state index in [1.165, 1.54) is 37.0 Å². The molecule has 120 valence electrons. The lowest BCUT2D eigenvalue weighted by Gasteiger charge is -2.32. The Morgan fingerprint density at radius 3 is 2.24 bits per heavy atom. The second kappa shape index (κ2) is 7.66. The van der Waals surface area contributed by atoms with Crippen molar-refractivity contribution >= 4 is 12.0 Å². The molecule has 2 rings (SSSR count). The number of carbonyl (C=O) groups is 2. The number of rotatable bonds is 5. The Bertz CT molecular complexity index is 361. The van der Waals surface area contributed by atoms with E-state index in [1.807, 2.05) is 0 Å². The van der Waals surface area contributed by atoms with Gasteiger partial charge in [-0.05, 0) is 38.5 Å². The zero-order valence-corrected chi connectivity index (χ0v) is 13.0. The minimum atomic E-state index is -0.928. The van der Waals surface area contributed by atoms with Crippen LogP contribution in [0, 0.1) is 5.92 Å². The number of aliphatic carboxylic acids is 1. The van der Waals surface area contributed by atoms with Crippen LogP contribution in [0.1, 0.15) is 64.7 Å². The topological polar surface area (TPSA) is 69.6 Å². The van der Waals surface area contributed by atoms with Gasteiger partial charge in [0.2, 0.25) is 0 Å². The highest BCUT2D eigenvalue weighted by Crippen LogP contribution is 2.27. The molecule has 2 saturated carbocycles. The maximum atomic E-state index is 12.5. The van der Waals surface area contributed by atoms with E-state index in [0.29, 0.717) is 5.92 Å². The largest absolute Gasteiger partial charge is 0.480 e. The molecule has 1 unspecified atom stereocenters. The summed E-state index contributed by atoms with van der Waals surface area (Å²) in [5.41, 5.74) is 0. The standard InChI is InChI=1S/C16H28N2O3/c1-12(13-7-3-2-4-8-13)17-16(21)18(11-15(19)20)14-9-5-6-10-14/h12-14H,2-11H2,1H3,(H,17,21)(H,19,20). The van der Waals surface area contributed by atoms with Crippen LogP contribution in [-0.4, -0.2) is 40.6 Å². The number of urea groups is 1. The molecule has 0 bridgehead atoms. The molecule has 21 heavy (non-hydrogen) atoms. The first-order chi connectivity index (χ1) is 10.1. The van der Waals surface area contributed by atoms with Crippen molar-refractivity contribution in [1.29, 1.82) is 0 Å². The third-order valence-corrected chi connectivity index (χ3v) is 5.04. The van der Waals surface area contributed by atoms with Crippen LogP contribution in [0.5, 0.6) is 0 Å². The average Bonchev–Trinajstić information content (AvgIpc) is 2.99. The Labute approximate surface area is 127 Å². The number of nitrogens with zero attached hydrogens (tertiary/aromatic N) is 1. The number of hydrogen-bond acceptors (Lipinski definition) is 2. The van der Waals surface area contributed by atoms with Crippen LogP contribution in [0.3, 0.4) is 0 Å². The van der Waals surface area contributed by atoms with Crippen molar-refractivity contribution in [3.05, 3.63) is 0 Å². The Morgan fingerprint density at radius 1 is 1.10 bits per heavy atom. The first kappa shape index (κ1) is 16.1. The second-order valence-corrected chi connectivity index (χ2v) is 6.60. The first-order valence-corrected chi connectivity index (χ1v) is 8.37. The molecule has 0 saturated heterocycles. The number of hydrogen-bond donors (Lipinski definition) is 2. The van der Waals surface area contributed by atoms with Gasteiger partial charge in [-0.15, -0.1) is 0 Å². The Morgan fingerprint density at radius 2 is 1.67 bits per heavy atom. The lowest BCUT2D eigenvalue weighted by Crippen LogP contribution is -2.51. The van der Waals surface area contributed by atoms with Crippen LogP contribution < -0.4 is 5.32 Å². The molecule has 2 aliphatic rings. The normalized spacial score (nSPS) is 22.0. The average molecular weight is 296 g/mol. The summed E-state index contributed by atoms with van der Waals surface area (Å²) in [5, 5.41) is 12.1. The Kier molecular flexibility index (Phi) is 5.88. The van der Waals surface area contributed by atoms with Gasteiger partial charge in [-0.3, -0.25) is 4.79 Å². The number of carbonyl (C=O) groups excluding carboxylic acids is 1. The summed E-state index contributed by atoms with van der Waals surface area (Å²) < 4.78 is 0. The molecular formula is C16H28N2O3. The highest BCUT2D eigenvalue weighted by atomic mass is 16.4. The highest BCUT2D eigenvalue weighted by molar-refractivity contribution is 5.80. The first-order valence-electron chi connectivity index (χ1n) is 8.37. The van der Waals surface area contributed by atoms with Gasteiger partial charge >= 0.3 is 12.0 Å². The summed E-state index contributed by atoms with van der Waals surface area (Å²) in [7, 11) is 0. The predicted octanol–water partition coefficient (Wildman–Crippen LogP) is 2.99. The van der Waals surface area contributed by atoms with E-state index >= 15 is 0 Å². The van der Waals surface area contributed by atoms with Crippen molar-refractivity contribution < 1.29 is 14.7 Å². The molecule has 0 heterocycles. The van der Waals surface area contributed by atoms with Crippen molar-refractivity contribution in [2.75, 3.05) is 6.54 Å². The summed E-state index contributed by atoms with van der Waals surface area (Å²) in [6.07, 6.45) is 10.2. The fourth-order valence-electron chi connectivity index (χ4n) is 3.76. The second-order valence-electron chi connectivity index (χ2n) is 6.60. The summed E-state index contributed by atoms with van der Waals surface area (Å²) in [4.78, 5) is 25.0. The number of carboxylic acid groups (broad SMARTS) is 1. The molecule has 0 radical (unpaired) electrons. The van der Waals surface area contributed by atoms with Gasteiger partial charge in [0.1, 0.15) is 6.54 Å². The summed E-state index contributed by atoms with van der Waals surface area (Å²) in [6, 6.07) is 0.0394. The van der Waals surface area contributed by atoms with E-state index in [1.54, 1.807) is 0 Å². The van der Waals surface area contributed by atoms with Gasteiger partial charge in [0.15, 0.2) is 0 Å². The van der Waals surface area contributed by atoms with E-state index in [4.69, 9.17) is 5.11 Å². The molecule has 0 aromatic carbocycles. The van der Waals surface area contributed by atoms with Gasteiger partial charge in [0.25, 0.3) is 0 Å². The fourth-order valence-corrected chi connectivity index (χ4v) is 3.76. The Hall–Kier alpha value is -1.26. The molecule has 0 aromatic rings. The Balaban J connectivity index is 1.91. The third-order valence-electron chi connectivity index (χ3n) is 5.04. The lowest BCUT2D eigenvalue weighted by molar-refractivity contribution is -0.138. The molecular weight excluding hydrogens is 268 g/mol. The van der Waals surface area contributed by atoms with Gasteiger partial charge in [-0.1, -0.05) is 32.1 Å². The molecule has 2 N–H and O–H groups in total. The number of carboxylic acids is 1. The van der Waals surface area contributed by atoms with Crippen molar-refractivity contribution in [2.45, 2.75) is 76.8 Å². The zero-order valence-electron chi connectivity index (χ0n) is 13.0. The van der Waals surface area contributed by atoms with Crippen molar-refractivity contribution in [3.63, 3.8) is 0 Å². The molecule has 2 fully saturated rings. The molecule has 2 aliphatic carbocycles. The monoisotopic (exact) mass is 296 g/mol. The minimum Gasteiger partial charge on any atom is -0.480 e. The highest BCUT2D eigenvalue weighted by Gasteiger charge is 2.30. The van der Waals surface area contributed by atoms with Crippen molar-refractivity contribution in [2.24, 2.45) is 5.92 Å². The maximum Gasteiger partial charge on any atom is 0.323 e. The minimum absolute atomic E-state index is 0.0969. The van der Waals surface area contributed by atoms with Crippen LogP contribution in [0.2, 0.25) is 0 Å². The molecule has 2 amide bonds. The fraction of sp³-hybridized carbons (Fsp3) is 0.875. The SMILES string of the molecule is CC(NC(=O)N(CC(=O)O)C1CCCC1)C1CCCCC1. The number of amides is 2. The third kappa shape index (κ3) is 4.61. The maximum absolute atomic E-state index is 12.5. The van der Waals surface area contributed by atoms with E-state index in [9.17, 15) is 9.59 Å². The van der Waals surface area contributed by atoms with Gasteiger partial charge in [-0.25, -0.2) is 4.79 Å². The molecule has 0 aliphatic heterocycles. The van der Waals surface area contributed by atoms with E-state index in [0.717, 1.165) is 25.7 Å². The van der Waals surface area contributed by atoms with E-state index in [2.05, 4.69) is 12.2 Å². The van der Waals surface area contributed by atoms with Gasteiger partial charge in [0.05, 0.1) is 0 Å². The van der Waals surface area contributed by atoms with Crippen LogP contribution in [0.15, 0.2) is 0 Å². The molecule has 5 nitrogen and oxygen atoms in total. The molecule has 5 heteroatoms. The summed E-state index contributed by atoms with van der Waals surface area (Å²) in [6.45, 7) is 1.87. The van der Waals surface area contributed by atoms with Crippen LogP contribution in [0.4, 0.5) is 4.79 Å². The van der Waals surface area contributed by atoms with Crippen LogP contribution >= 0.6 is 0 Å². The van der Waals surface area contributed by atoms with Crippen LogP contribution in [0.25, 0.3) is 0 Å². The predicted molar refractivity (Wildman–Crippen MR) is 81.2 cm³/mol. The lowest BCUT2D eigenvalue weighted by atomic mass is 9.84. The van der Waals surface area contributed by atoms with Gasteiger partial charge in [0, 0.05) is 12.1 Å². The number of nitrogens with one attached hydrogen (secondary N) is 1. The quantitative estimate of drug-likeness (QED) is 0.819. The van der Waals surface area contributed by atoms with E-state index in [-0.39, 0.29) is 24.7 Å². The smallest absolute Gasteiger partial charge is 0.323 e. The summed E-state index contributed by atoms with van der Waals surface area (Å²) >= 11 is 0. The van der Waals surface area contributed by atoms with Crippen LogP contribution in [-0.2, 0) is 4.79 Å². The van der Waals surface area contributed by atoms with Gasteiger partial charge in [-0.2, -0.15) is 0 Å². The van der Waals surface area contributed by atoms with Crippen molar-refractivity contribution in [1.82, 2.24) is 10.2 Å². The molecule has 0 spiro atoms. The molecule has 0 aromatic heterocycles. The van der Waals surface area contributed by atoms with Gasteiger partial charge < -0.3 is 15.3 Å². The molecule has 1 atom stereocenters.